The maximum Gasteiger partial charge on any atom is 0.337 e. The number of rotatable bonds is 9. The van der Waals surface area contributed by atoms with Gasteiger partial charge in [0.05, 0.1) is 26.6 Å². The van der Waals surface area contributed by atoms with E-state index in [1.165, 1.54) is 17.4 Å². The molecule has 1 saturated carbocycles. The highest BCUT2D eigenvalue weighted by Gasteiger charge is 2.24. The third-order valence-corrected chi connectivity index (χ3v) is 8.88. The van der Waals surface area contributed by atoms with E-state index in [2.05, 4.69) is 10.6 Å². The predicted octanol–water partition coefficient (Wildman–Crippen LogP) is 8.42. The molecule has 0 aliphatic heterocycles. The Balaban J connectivity index is 1.02. The van der Waals surface area contributed by atoms with Crippen molar-refractivity contribution in [2.45, 2.75) is 37.8 Å². The molecule has 1 heterocycles. The van der Waals surface area contributed by atoms with Gasteiger partial charge in [0.2, 0.25) is 0 Å². The van der Waals surface area contributed by atoms with Gasteiger partial charge in [0.1, 0.15) is 17.2 Å². The van der Waals surface area contributed by atoms with Gasteiger partial charge in [-0.2, -0.15) is 0 Å². The lowest BCUT2D eigenvalue weighted by Gasteiger charge is -2.29. The zero-order chi connectivity index (χ0) is 31.3. The number of carboxylic acid groups (broad SMARTS) is 1. The summed E-state index contributed by atoms with van der Waals surface area (Å²) in [5, 5.41) is 17.1. The number of aromatic carboxylic acids is 1. The molecule has 2 amide bonds. The predicted molar refractivity (Wildman–Crippen MR) is 175 cm³/mol. The number of hydrogen-bond donors (Lipinski definition) is 3. The van der Waals surface area contributed by atoms with E-state index in [-0.39, 0.29) is 29.3 Å². The van der Waals surface area contributed by atoms with Crippen LogP contribution in [-0.2, 0) is 0 Å². The highest BCUT2D eigenvalue weighted by Crippen LogP contribution is 2.31. The Morgan fingerprint density at radius 3 is 2.11 bits per heavy atom. The van der Waals surface area contributed by atoms with Gasteiger partial charge in [0.15, 0.2) is 0 Å². The minimum atomic E-state index is -1.11. The molecule has 45 heavy (non-hydrogen) atoms. The molecule has 0 unspecified atom stereocenters. The van der Waals surface area contributed by atoms with Crippen molar-refractivity contribution in [3.05, 3.63) is 117 Å². The van der Waals surface area contributed by atoms with Crippen molar-refractivity contribution in [2.75, 3.05) is 5.32 Å². The molecule has 10 heteroatoms. The SMILES string of the molecule is O=C(Nc1ccccc1C(=O)O)c1ccc(Oc2ccc3cc(OC4CCC(NC(=O)c5ccc(Cl)s5)CC4)ccc3c2)cc1. The molecule has 1 aromatic heterocycles. The van der Waals surface area contributed by atoms with Crippen LogP contribution in [0.4, 0.5) is 5.69 Å². The van der Waals surface area contributed by atoms with Crippen molar-refractivity contribution < 1.29 is 29.0 Å². The van der Waals surface area contributed by atoms with Crippen molar-refractivity contribution in [1.82, 2.24) is 5.32 Å². The number of benzene rings is 4. The fourth-order valence-electron chi connectivity index (χ4n) is 5.33. The van der Waals surface area contributed by atoms with E-state index in [4.69, 9.17) is 21.1 Å². The summed E-state index contributed by atoms with van der Waals surface area (Å²) in [6, 6.07) is 28.3. The van der Waals surface area contributed by atoms with Crippen LogP contribution >= 0.6 is 22.9 Å². The zero-order valence-corrected chi connectivity index (χ0v) is 25.6. The molecule has 0 radical (unpaired) electrons. The summed E-state index contributed by atoms with van der Waals surface area (Å²) in [6.07, 6.45) is 3.52. The van der Waals surface area contributed by atoms with Gasteiger partial charge in [-0.1, -0.05) is 35.9 Å². The van der Waals surface area contributed by atoms with Gasteiger partial charge in [0, 0.05) is 11.6 Å². The Morgan fingerprint density at radius 2 is 1.42 bits per heavy atom. The normalized spacial score (nSPS) is 16.1. The number of amides is 2. The third kappa shape index (κ3) is 7.45. The summed E-state index contributed by atoms with van der Waals surface area (Å²) in [6.45, 7) is 0. The molecule has 8 nitrogen and oxygen atoms in total. The van der Waals surface area contributed by atoms with Crippen molar-refractivity contribution in [3.63, 3.8) is 0 Å². The van der Waals surface area contributed by atoms with E-state index >= 15 is 0 Å². The maximum absolute atomic E-state index is 12.7. The Bertz CT molecular complexity index is 1860. The van der Waals surface area contributed by atoms with Crippen LogP contribution in [0, 0.1) is 0 Å². The Kier molecular flexibility index (Phi) is 9.00. The first-order chi connectivity index (χ1) is 21.8. The van der Waals surface area contributed by atoms with Gasteiger partial charge in [-0.05, 0) is 109 Å². The molecule has 3 N–H and O–H groups in total. The van der Waals surface area contributed by atoms with Gasteiger partial charge in [-0.3, -0.25) is 9.59 Å². The fraction of sp³-hybridized carbons (Fsp3) is 0.171. The van der Waals surface area contributed by atoms with Crippen LogP contribution in [0.25, 0.3) is 10.8 Å². The molecule has 4 aromatic carbocycles. The molecule has 5 aromatic rings. The Morgan fingerprint density at radius 1 is 0.756 bits per heavy atom. The molecule has 0 atom stereocenters. The quantitative estimate of drug-likeness (QED) is 0.149. The van der Waals surface area contributed by atoms with E-state index in [9.17, 15) is 19.5 Å². The molecule has 1 fully saturated rings. The van der Waals surface area contributed by atoms with Crippen LogP contribution in [0.5, 0.6) is 17.2 Å². The first kappa shape index (κ1) is 30.2. The molecule has 1 aliphatic carbocycles. The highest BCUT2D eigenvalue weighted by molar-refractivity contribution is 7.18. The van der Waals surface area contributed by atoms with E-state index in [1.807, 2.05) is 36.4 Å². The Labute approximate surface area is 268 Å². The van der Waals surface area contributed by atoms with E-state index in [0.29, 0.717) is 26.3 Å². The molecular weight excluding hydrogens is 612 g/mol. The molecule has 0 saturated heterocycles. The van der Waals surface area contributed by atoms with Crippen molar-refractivity contribution in [1.29, 1.82) is 0 Å². The van der Waals surface area contributed by atoms with E-state index < -0.39 is 11.9 Å². The molecule has 228 valence electrons. The summed E-state index contributed by atoms with van der Waals surface area (Å²) in [4.78, 5) is 37.2. The summed E-state index contributed by atoms with van der Waals surface area (Å²) >= 11 is 7.24. The van der Waals surface area contributed by atoms with Gasteiger partial charge in [0.25, 0.3) is 11.8 Å². The first-order valence-corrected chi connectivity index (χ1v) is 15.7. The first-order valence-electron chi connectivity index (χ1n) is 14.5. The number of carbonyl (C=O) groups excluding carboxylic acids is 2. The standard InChI is InChI=1S/C35H29ClN2O6S/c36-32-18-17-31(45-32)34(40)37-24-9-15-26(16-10-24)44-28-14-8-22-19-27(13-7-23(22)20-28)43-25-11-5-21(6-12-25)33(39)38-30-4-2-1-3-29(30)35(41)42/h1-8,11-14,17-20,24,26H,9-10,15-16H2,(H,37,40)(H,38,39)(H,41,42). The molecular formula is C35H29ClN2O6S. The highest BCUT2D eigenvalue weighted by atomic mass is 35.5. The van der Waals surface area contributed by atoms with E-state index in [1.54, 1.807) is 54.6 Å². The Hall–Kier alpha value is -4.86. The number of para-hydroxylation sites is 1. The van der Waals surface area contributed by atoms with Crippen LogP contribution in [-0.4, -0.2) is 35.0 Å². The molecule has 0 spiro atoms. The molecule has 0 bridgehead atoms. The molecule has 6 rings (SSSR count). The lowest BCUT2D eigenvalue weighted by molar-refractivity contribution is 0.0697. The van der Waals surface area contributed by atoms with Gasteiger partial charge >= 0.3 is 5.97 Å². The van der Waals surface area contributed by atoms with Crippen LogP contribution in [0.3, 0.4) is 0 Å². The smallest absolute Gasteiger partial charge is 0.337 e. The number of anilines is 1. The number of halogens is 1. The topological polar surface area (TPSA) is 114 Å². The van der Waals surface area contributed by atoms with Crippen molar-refractivity contribution in [2.24, 2.45) is 0 Å². The maximum atomic E-state index is 12.7. The van der Waals surface area contributed by atoms with Crippen LogP contribution in [0.1, 0.15) is 56.1 Å². The number of thiophene rings is 1. The fourth-order valence-corrected chi connectivity index (χ4v) is 6.28. The minimum absolute atomic E-state index is 0.0203. The summed E-state index contributed by atoms with van der Waals surface area (Å²) in [5.74, 6) is 0.402. The summed E-state index contributed by atoms with van der Waals surface area (Å²) in [5.41, 5.74) is 0.622. The number of carboxylic acids is 1. The largest absolute Gasteiger partial charge is 0.490 e. The lowest BCUT2D eigenvalue weighted by atomic mass is 9.93. The average molecular weight is 641 g/mol. The zero-order valence-electron chi connectivity index (χ0n) is 24.0. The second kappa shape index (κ2) is 13.4. The van der Waals surface area contributed by atoms with Crippen LogP contribution in [0.15, 0.2) is 97.1 Å². The van der Waals surface area contributed by atoms with E-state index in [0.717, 1.165) is 42.2 Å². The monoisotopic (exact) mass is 640 g/mol. The summed E-state index contributed by atoms with van der Waals surface area (Å²) in [7, 11) is 0. The number of nitrogens with one attached hydrogen (secondary N) is 2. The molecule has 1 aliphatic rings. The van der Waals surface area contributed by atoms with Gasteiger partial charge in [-0.25, -0.2) is 4.79 Å². The lowest BCUT2D eigenvalue weighted by Crippen LogP contribution is -2.39. The van der Waals surface area contributed by atoms with Crippen LogP contribution in [0.2, 0.25) is 4.34 Å². The second-order valence-electron chi connectivity index (χ2n) is 10.8. The van der Waals surface area contributed by atoms with Gasteiger partial charge < -0.3 is 25.2 Å². The third-order valence-electron chi connectivity index (χ3n) is 7.65. The second-order valence-corrected chi connectivity index (χ2v) is 12.5. The number of fused-ring (bicyclic) bond motifs is 1. The number of carbonyl (C=O) groups is 3. The van der Waals surface area contributed by atoms with Gasteiger partial charge in [-0.15, -0.1) is 11.3 Å². The van der Waals surface area contributed by atoms with Crippen LogP contribution < -0.4 is 20.1 Å². The number of hydrogen-bond acceptors (Lipinski definition) is 6. The summed E-state index contributed by atoms with van der Waals surface area (Å²) < 4.78 is 12.9. The van der Waals surface area contributed by atoms with Crippen molar-refractivity contribution >= 4 is 57.2 Å². The average Bonchev–Trinajstić information content (AvgIpc) is 3.49. The number of ether oxygens (including phenoxy) is 2. The van der Waals surface area contributed by atoms with Crippen molar-refractivity contribution in [3.8, 4) is 17.2 Å². The minimum Gasteiger partial charge on any atom is -0.490 e.